The summed E-state index contributed by atoms with van der Waals surface area (Å²) in [6.07, 6.45) is 0. The van der Waals surface area contributed by atoms with Crippen LogP contribution in [0.3, 0.4) is 0 Å². The van der Waals surface area contributed by atoms with Crippen molar-refractivity contribution in [1.82, 2.24) is 0 Å². The van der Waals surface area contributed by atoms with Gasteiger partial charge in [0, 0.05) is 0 Å². The summed E-state index contributed by atoms with van der Waals surface area (Å²) in [5, 5.41) is 0. The molecule has 0 atom stereocenters. The van der Waals surface area contributed by atoms with E-state index >= 15 is 0 Å². The molecule has 0 nitrogen and oxygen atoms in total. The minimum atomic E-state index is -1.62. The zero-order chi connectivity index (χ0) is 5.86. The summed E-state index contributed by atoms with van der Waals surface area (Å²) >= 11 is -3.25. The maximum atomic E-state index is 4.83. The summed E-state index contributed by atoms with van der Waals surface area (Å²) in [7, 11) is 19.3. The van der Waals surface area contributed by atoms with Gasteiger partial charge < -0.3 is 0 Å². The van der Waals surface area contributed by atoms with Gasteiger partial charge in [-0.25, -0.2) is 0 Å². The molecule has 0 spiro atoms. The number of rotatable bonds is 2. The molecule has 0 unspecified atom stereocenters. The molecule has 0 aromatic heterocycles. The zero-order valence-corrected chi connectivity index (χ0v) is 12.1. The second-order valence-corrected chi connectivity index (χ2v) is 38.0. The Balaban J connectivity index is 3.77. The van der Waals surface area contributed by atoms with Crippen LogP contribution >= 0.6 is 42.7 Å². The van der Waals surface area contributed by atoms with E-state index in [1.165, 1.54) is 0 Å². The molecular weight excluding hydrogens is 404 g/mol. The van der Waals surface area contributed by atoms with Crippen LogP contribution in [0.1, 0.15) is 0 Å². The van der Waals surface area contributed by atoms with Crippen molar-refractivity contribution in [2.75, 3.05) is 0 Å². The maximum absolute atomic E-state index is 4.83. The normalized spacial score (nSPS) is 8.00. The fourth-order valence-corrected chi connectivity index (χ4v) is 66.1. The molecule has 0 N–H and O–H groups in total. The average molecular weight is 404 g/mol. The van der Waals surface area contributed by atoms with E-state index < -0.39 is 29.8 Å². The van der Waals surface area contributed by atoms with Gasteiger partial charge in [-0.05, 0) is 0 Å². The van der Waals surface area contributed by atoms with Crippen LogP contribution in [0.5, 0.6) is 0 Å². The third-order valence-electron chi connectivity index (χ3n) is 0.133. The van der Waals surface area contributed by atoms with Gasteiger partial charge in [-0.1, -0.05) is 0 Å². The van der Waals surface area contributed by atoms with Gasteiger partial charge in [-0.15, -0.1) is 0 Å². The quantitative estimate of drug-likeness (QED) is 0.648. The molecule has 0 rings (SSSR count). The van der Waals surface area contributed by atoms with Gasteiger partial charge in [0.2, 0.25) is 0 Å². The molecule has 0 heterocycles. The first-order valence-corrected chi connectivity index (χ1v) is 22.0. The van der Waals surface area contributed by atoms with Crippen molar-refractivity contribution in [2.24, 2.45) is 0 Å². The van der Waals surface area contributed by atoms with Gasteiger partial charge in [0.15, 0.2) is 0 Å². The van der Waals surface area contributed by atoms with Gasteiger partial charge in [-0.3, -0.25) is 0 Å². The molecule has 0 saturated heterocycles. The van der Waals surface area contributed by atoms with E-state index in [0.717, 1.165) is 0 Å². The molecule has 7 heteroatoms. The van der Waals surface area contributed by atoms with E-state index in [0.29, 0.717) is 0 Å². The SMILES string of the molecule is [S]=[Sb](=[S])[S][Sb](=[S])=[S]. The first kappa shape index (κ1) is 9.87. The first-order chi connectivity index (χ1) is 3.13. The Morgan fingerprint density at radius 2 is 1.14 bits per heavy atom. The van der Waals surface area contributed by atoms with Crippen LogP contribution in [0.15, 0.2) is 0 Å². The predicted octanol–water partition coefficient (Wildman–Crippen LogP) is 2.48. The first-order valence-electron chi connectivity index (χ1n) is 1.10. The zero-order valence-electron chi connectivity index (χ0n) is 2.94. The Kier molecular flexibility index (Phi) is 7.94. The van der Waals surface area contributed by atoms with Crippen molar-refractivity contribution in [3.63, 3.8) is 0 Å². The van der Waals surface area contributed by atoms with E-state index in [2.05, 4.69) is 0 Å². The standard InChI is InChI=1S/5S.2Sb. The van der Waals surface area contributed by atoms with Crippen LogP contribution in [-0.2, 0) is 0 Å². The summed E-state index contributed by atoms with van der Waals surface area (Å²) in [4.78, 5) is 0. The Morgan fingerprint density at radius 1 is 0.857 bits per heavy atom. The summed E-state index contributed by atoms with van der Waals surface area (Å²) in [5.74, 6) is 1.64. The van der Waals surface area contributed by atoms with Gasteiger partial charge in [0.25, 0.3) is 0 Å². The summed E-state index contributed by atoms with van der Waals surface area (Å²) < 4.78 is 0. The molecule has 0 radical (unpaired) electrons. The fourth-order valence-electron chi connectivity index (χ4n) is 0.0544. The molecule has 0 fully saturated rings. The van der Waals surface area contributed by atoms with Crippen molar-refractivity contribution in [2.45, 2.75) is 0 Å². The summed E-state index contributed by atoms with van der Waals surface area (Å²) in [6.45, 7) is 0. The molecule has 0 aromatic rings. The molecule has 7 heavy (non-hydrogen) atoms. The monoisotopic (exact) mass is 402 g/mol. The Hall–Kier alpha value is 2.87. The van der Waals surface area contributed by atoms with E-state index in [9.17, 15) is 0 Å². The van der Waals surface area contributed by atoms with Crippen molar-refractivity contribution in [1.29, 1.82) is 0 Å². The average Bonchev–Trinajstić information content (AvgIpc) is 1.27. The fraction of sp³-hybridized carbons (Fsp3) is 0. The van der Waals surface area contributed by atoms with Crippen LogP contribution in [0, 0.1) is 0 Å². The van der Waals surface area contributed by atoms with Crippen molar-refractivity contribution in [3.05, 3.63) is 0 Å². The molecule has 0 amide bonds. The minimum absolute atomic E-state index is 1.62. The molecule has 40 valence electrons. The topological polar surface area (TPSA) is 0 Å². The van der Waals surface area contributed by atoms with Crippen LogP contribution in [0.4, 0.5) is 0 Å². The summed E-state index contributed by atoms with van der Waals surface area (Å²) in [5.41, 5.74) is 0. The number of hydrogen-bond acceptors (Lipinski definition) is 5. The van der Waals surface area contributed by atoms with E-state index in [1.54, 1.807) is 5.94 Å². The van der Waals surface area contributed by atoms with Crippen molar-refractivity contribution in [3.8, 4) is 0 Å². The van der Waals surface area contributed by atoms with E-state index in [4.69, 9.17) is 36.8 Å². The molecule has 0 aliphatic carbocycles. The molecule has 0 aliphatic rings. The second-order valence-electron chi connectivity index (χ2n) is 0.529. The molecule has 0 saturated carbocycles. The van der Waals surface area contributed by atoms with Crippen molar-refractivity contribution < 1.29 is 0 Å². The van der Waals surface area contributed by atoms with Gasteiger partial charge >= 0.3 is 72.5 Å². The Labute approximate surface area is 70.6 Å². The predicted molar refractivity (Wildman–Crippen MR) is 49.5 cm³/mol. The number of hydrogen-bond donors (Lipinski definition) is 0. The van der Waals surface area contributed by atoms with Crippen molar-refractivity contribution >= 4 is 72.5 Å². The molecule has 0 aliphatic heterocycles. The van der Waals surface area contributed by atoms with Gasteiger partial charge in [-0.2, -0.15) is 0 Å². The van der Waals surface area contributed by atoms with Crippen LogP contribution < -0.4 is 0 Å². The molecular formula is S5Sb2. The van der Waals surface area contributed by atoms with Gasteiger partial charge in [0.1, 0.15) is 0 Å². The third-order valence-corrected chi connectivity index (χ3v) is 54.0. The molecule has 0 bridgehead atoms. The van der Waals surface area contributed by atoms with Crippen LogP contribution in [0.25, 0.3) is 0 Å². The Bertz CT molecular complexity index is 135. The third kappa shape index (κ3) is 8.87. The van der Waals surface area contributed by atoms with E-state index in [1.807, 2.05) is 0 Å². The Morgan fingerprint density at radius 3 is 1.14 bits per heavy atom. The van der Waals surface area contributed by atoms with Gasteiger partial charge in [0.05, 0.1) is 0 Å². The van der Waals surface area contributed by atoms with E-state index in [-0.39, 0.29) is 0 Å². The second kappa shape index (κ2) is 5.64. The van der Waals surface area contributed by atoms with Crippen LogP contribution in [0.2, 0.25) is 0 Å². The molecule has 0 aromatic carbocycles. The summed E-state index contributed by atoms with van der Waals surface area (Å²) in [6, 6.07) is 0. The van der Waals surface area contributed by atoms with Crippen LogP contribution in [-0.4, -0.2) is 29.8 Å².